The van der Waals surface area contributed by atoms with E-state index in [1.165, 1.54) is 0 Å². The molecule has 0 saturated carbocycles. The molecule has 0 bridgehead atoms. The van der Waals surface area contributed by atoms with Crippen molar-refractivity contribution in [2.75, 3.05) is 13.2 Å². The molecule has 0 radical (unpaired) electrons. The molecule has 1 heterocycles. The van der Waals surface area contributed by atoms with Gasteiger partial charge in [0.05, 0.1) is 5.69 Å². The molecule has 4 nitrogen and oxygen atoms in total. The summed E-state index contributed by atoms with van der Waals surface area (Å²) in [7, 11) is 0. The first kappa shape index (κ1) is 12.8. The molecule has 1 unspecified atom stereocenters. The lowest BCUT2D eigenvalue weighted by atomic mass is 10.2. The predicted octanol–water partition coefficient (Wildman–Crippen LogP) is 2.06. The molecule has 1 aromatic heterocycles. The van der Waals surface area contributed by atoms with Crippen LogP contribution in [0.4, 0.5) is 0 Å². The lowest BCUT2D eigenvalue weighted by Gasteiger charge is -2.07. The number of oxazole rings is 1. The summed E-state index contributed by atoms with van der Waals surface area (Å²) in [6.45, 7) is 3.61. The van der Waals surface area contributed by atoms with Crippen LogP contribution in [0.3, 0.4) is 0 Å². The third kappa shape index (κ3) is 3.42. The first-order valence-electron chi connectivity index (χ1n) is 6.11. The van der Waals surface area contributed by atoms with Crippen LogP contribution in [0.5, 0.6) is 0 Å². The van der Waals surface area contributed by atoms with E-state index >= 15 is 0 Å². The molecule has 0 spiro atoms. The van der Waals surface area contributed by atoms with Gasteiger partial charge in [0.1, 0.15) is 6.26 Å². The molecular weight excluding hydrogens is 228 g/mol. The highest BCUT2D eigenvalue weighted by Crippen LogP contribution is 2.17. The third-order valence-electron chi connectivity index (χ3n) is 2.68. The Balaban J connectivity index is 1.91. The highest BCUT2D eigenvalue weighted by Gasteiger charge is 2.06. The topological polar surface area (TPSA) is 58.3 Å². The Kier molecular flexibility index (Phi) is 4.50. The normalized spacial score (nSPS) is 12.6. The van der Waals surface area contributed by atoms with Crippen molar-refractivity contribution in [2.24, 2.45) is 5.92 Å². The molecule has 96 valence electrons. The van der Waals surface area contributed by atoms with Gasteiger partial charge in [-0.3, -0.25) is 0 Å². The van der Waals surface area contributed by atoms with Crippen LogP contribution in [0.25, 0.3) is 11.5 Å². The van der Waals surface area contributed by atoms with Crippen LogP contribution in [0, 0.1) is 5.92 Å². The Morgan fingerprint density at radius 3 is 2.83 bits per heavy atom. The highest BCUT2D eigenvalue weighted by atomic mass is 16.3. The number of aromatic nitrogens is 1. The summed E-state index contributed by atoms with van der Waals surface area (Å²) in [6, 6.07) is 9.82. The van der Waals surface area contributed by atoms with Crippen LogP contribution in [-0.4, -0.2) is 23.2 Å². The van der Waals surface area contributed by atoms with E-state index in [1.807, 2.05) is 37.3 Å². The van der Waals surface area contributed by atoms with Crippen molar-refractivity contribution in [3.63, 3.8) is 0 Å². The second kappa shape index (κ2) is 6.33. The van der Waals surface area contributed by atoms with E-state index < -0.39 is 0 Å². The molecule has 1 atom stereocenters. The van der Waals surface area contributed by atoms with Gasteiger partial charge in [-0.1, -0.05) is 25.1 Å². The van der Waals surface area contributed by atoms with Gasteiger partial charge in [-0.15, -0.1) is 0 Å². The van der Waals surface area contributed by atoms with Crippen molar-refractivity contribution in [3.05, 3.63) is 42.3 Å². The van der Waals surface area contributed by atoms with Crippen LogP contribution in [-0.2, 0) is 6.54 Å². The third-order valence-corrected chi connectivity index (χ3v) is 2.68. The van der Waals surface area contributed by atoms with Crippen molar-refractivity contribution in [1.29, 1.82) is 0 Å². The van der Waals surface area contributed by atoms with Crippen LogP contribution >= 0.6 is 0 Å². The Morgan fingerprint density at radius 2 is 2.11 bits per heavy atom. The minimum absolute atomic E-state index is 0.196. The summed E-state index contributed by atoms with van der Waals surface area (Å²) in [5.74, 6) is 0.896. The molecule has 2 rings (SSSR count). The first-order chi connectivity index (χ1) is 8.79. The Bertz CT molecular complexity index is 468. The molecule has 1 aromatic carbocycles. The molecule has 4 heteroatoms. The Morgan fingerprint density at radius 1 is 1.33 bits per heavy atom. The van der Waals surface area contributed by atoms with E-state index in [4.69, 9.17) is 9.52 Å². The van der Waals surface area contributed by atoms with Crippen molar-refractivity contribution in [3.8, 4) is 11.5 Å². The summed E-state index contributed by atoms with van der Waals surface area (Å²) in [5, 5.41) is 12.1. The van der Waals surface area contributed by atoms with Crippen LogP contribution in [0.15, 0.2) is 41.0 Å². The second-order valence-electron chi connectivity index (χ2n) is 4.43. The smallest absolute Gasteiger partial charge is 0.226 e. The molecule has 0 aliphatic heterocycles. The quantitative estimate of drug-likeness (QED) is 0.819. The van der Waals surface area contributed by atoms with Gasteiger partial charge in [-0.2, -0.15) is 0 Å². The van der Waals surface area contributed by atoms with E-state index in [1.54, 1.807) is 6.26 Å². The van der Waals surface area contributed by atoms with Gasteiger partial charge < -0.3 is 14.8 Å². The summed E-state index contributed by atoms with van der Waals surface area (Å²) in [6.07, 6.45) is 1.67. The number of nitrogens with zero attached hydrogens (tertiary/aromatic N) is 1. The zero-order valence-electron chi connectivity index (χ0n) is 10.5. The molecule has 0 fully saturated rings. The fraction of sp³-hybridized carbons (Fsp3) is 0.357. The van der Waals surface area contributed by atoms with Gasteiger partial charge in [-0.05, 0) is 18.1 Å². The fourth-order valence-corrected chi connectivity index (χ4v) is 1.61. The minimum atomic E-state index is 0.196. The Labute approximate surface area is 107 Å². The summed E-state index contributed by atoms with van der Waals surface area (Å²) < 4.78 is 5.43. The zero-order chi connectivity index (χ0) is 12.8. The maximum atomic E-state index is 8.91. The molecular formula is C14H18N2O2. The number of nitrogens with one attached hydrogen (secondary N) is 1. The number of aliphatic hydroxyl groups excluding tert-OH is 1. The van der Waals surface area contributed by atoms with E-state index in [0.29, 0.717) is 12.4 Å². The van der Waals surface area contributed by atoms with Gasteiger partial charge in [0.2, 0.25) is 5.89 Å². The molecule has 2 N–H and O–H groups in total. The largest absolute Gasteiger partial charge is 0.444 e. The van der Waals surface area contributed by atoms with Crippen molar-refractivity contribution >= 4 is 0 Å². The lowest BCUT2D eigenvalue weighted by Crippen LogP contribution is -2.22. The van der Waals surface area contributed by atoms with Crippen LogP contribution in [0.1, 0.15) is 12.6 Å². The maximum absolute atomic E-state index is 8.91. The monoisotopic (exact) mass is 246 g/mol. The van der Waals surface area contributed by atoms with E-state index in [9.17, 15) is 0 Å². The number of hydrogen-bond donors (Lipinski definition) is 2. The van der Waals surface area contributed by atoms with Crippen LogP contribution < -0.4 is 5.32 Å². The number of benzene rings is 1. The van der Waals surface area contributed by atoms with E-state index in [0.717, 1.165) is 17.8 Å². The summed E-state index contributed by atoms with van der Waals surface area (Å²) >= 11 is 0. The van der Waals surface area contributed by atoms with Crippen molar-refractivity contribution in [1.82, 2.24) is 10.3 Å². The summed E-state index contributed by atoms with van der Waals surface area (Å²) in [4.78, 5) is 4.41. The van der Waals surface area contributed by atoms with Crippen LogP contribution in [0.2, 0.25) is 0 Å². The molecule has 0 aliphatic carbocycles. The van der Waals surface area contributed by atoms with Crippen molar-refractivity contribution in [2.45, 2.75) is 13.5 Å². The summed E-state index contributed by atoms with van der Waals surface area (Å²) in [5.41, 5.74) is 1.85. The standard InChI is InChI=1S/C14H18N2O2/c1-11(9-17)7-15-8-13-10-18-14(16-13)12-5-3-2-4-6-12/h2-6,10-11,15,17H,7-9H2,1H3. The average molecular weight is 246 g/mol. The molecule has 0 aliphatic rings. The number of rotatable bonds is 6. The molecule has 0 amide bonds. The fourth-order valence-electron chi connectivity index (χ4n) is 1.61. The van der Waals surface area contributed by atoms with Gasteiger partial charge in [0, 0.05) is 25.3 Å². The van der Waals surface area contributed by atoms with Gasteiger partial charge in [-0.25, -0.2) is 4.98 Å². The minimum Gasteiger partial charge on any atom is -0.444 e. The first-order valence-corrected chi connectivity index (χ1v) is 6.11. The van der Waals surface area contributed by atoms with Gasteiger partial charge in [0.15, 0.2) is 0 Å². The second-order valence-corrected chi connectivity index (χ2v) is 4.43. The van der Waals surface area contributed by atoms with E-state index in [2.05, 4.69) is 10.3 Å². The zero-order valence-corrected chi connectivity index (χ0v) is 10.5. The number of aliphatic hydroxyl groups is 1. The maximum Gasteiger partial charge on any atom is 0.226 e. The van der Waals surface area contributed by atoms with Crippen molar-refractivity contribution < 1.29 is 9.52 Å². The highest BCUT2D eigenvalue weighted by molar-refractivity contribution is 5.52. The number of hydrogen-bond acceptors (Lipinski definition) is 4. The molecule has 18 heavy (non-hydrogen) atoms. The SMILES string of the molecule is CC(CO)CNCc1coc(-c2ccccc2)n1. The molecule has 0 saturated heterocycles. The van der Waals surface area contributed by atoms with Gasteiger partial charge >= 0.3 is 0 Å². The lowest BCUT2D eigenvalue weighted by molar-refractivity contribution is 0.233. The molecule has 2 aromatic rings. The Hall–Kier alpha value is -1.65. The average Bonchev–Trinajstić information content (AvgIpc) is 2.88. The van der Waals surface area contributed by atoms with Gasteiger partial charge in [0.25, 0.3) is 0 Å². The van der Waals surface area contributed by atoms with E-state index in [-0.39, 0.29) is 12.5 Å². The predicted molar refractivity (Wildman–Crippen MR) is 69.9 cm³/mol.